The van der Waals surface area contributed by atoms with Crippen molar-refractivity contribution in [1.82, 2.24) is 10.2 Å². The van der Waals surface area contributed by atoms with E-state index in [1.54, 1.807) is 7.11 Å². The summed E-state index contributed by atoms with van der Waals surface area (Å²) < 4.78 is 16.3. The number of benzene rings is 2. The van der Waals surface area contributed by atoms with Crippen molar-refractivity contribution in [2.24, 2.45) is 0 Å². The van der Waals surface area contributed by atoms with Crippen molar-refractivity contribution in [2.45, 2.75) is 12.5 Å². The maximum Gasteiger partial charge on any atom is 0.224 e. The quantitative estimate of drug-likeness (QED) is 0.811. The van der Waals surface area contributed by atoms with E-state index in [1.807, 2.05) is 56.6 Å². The van der Waals surface area contributed by atoms with Gasteiger partial charge in [-0.1, -0.05) is 18.2 Å². The number of amides is 1. The molecule has 1 amide bonds. The van der Waals surface area contributed by atoms with E-state index < -0.39 is 0 Å². The Morgan fingerprint density at radius 2 is 1.81 bits per heavy atom. The number of nitrogens with one attached hydrogen (secondary N) is 1. The zero-order valence-electron chi connectivity index (χ0n) is 16.0. The molecule has 2 aromatic carbocycles. The Kier molecular flexibility index (Phi) is 6.19. The van der Waals surface area contributed by atoms with Gasteiger partial charge in [0.25, 0.3) is 0 Å². The molecule has 6 heteroatoms. The van der Waals surface area contributed by atoms with Gasteiger partial charge >= 0.3 is 0 Å². The molecule has 6 nitrogen and oxygen atoms in total. The van der Waals surface area contributed by atoms with Crippen molar-refractivity contribution in [3.05, 3.63) is 53.6 Å². The van der Waals surface area contributed by atoms with E-state index in [0.717, 1.165) is 22.6 Å². The molecule has 0 spiro atoms. The first-order chi connectivity index (χ1) is 13.1. The zero-order valence-corrected chi connectivity index (χ0v) is 16.0. The van der Waals surface area contributed by atoms with Crippen LogP contribution in [0.15, 0.2) is 42.5 Å². The first kappa shape index (κ1) is 19.0. The summed E-state index contributed by atoms with van der Waals surface area (Å²) in [7, 11) is 5.65. The van der Waals surface area contributed by atoms with Crippen LogP contribution in [0.2, 0.25) is 0 Å². The number of ether oxygens (including phenoxy) is 3. The van der Waals surface area contributed by atoms with Crippen molar-refractivity contribution in [1.29, 1.82) is 0 Å². The molecular formula is C21H26N2O4. The molecule has 0 saturated carbocycles. The van der Waals surface area contributed by atoms with Crippen LogP contribution in [0, 0.1) is 0 Å². The smallest absolute Gasteiger partial charge is 0.224 e. The number of carbonyl (C=O) groups is 1. The Hall–Kier alpha value is -2.73. The van der Waals surface area contributed by atoms with Gasteiger partial charge in [0.15, 0.2) is 11.5 Å². The van der Waals surface area contributed by atoms with Crippen molar-refractivity contribution < 1.29 is 19.0 Å². The molecule has 0 saturated heterocycles. The molecule has 0 aromatic heterocycles. The van der Waals surface area contributed by atoms with Gasteiger partial charge in [-0.25, -0.2) is 0 Å². The number of likely N-dealkylation sites (N-methyl/N-ethyl adjacent to an activating group) is 1. The molecule has 2 aromatic rings. The molecule has 0 aliphatic carbocycles. The van der Waals surface area contributed by atoms with Gasteiger partial charge in [0.05, 0.1) is 19.6 Å². The third-order valence-corrected chi connectivity index (χ3v) is 4.59. The molecule has 1 N–H and O–H groups in total. The third kappa shape index (κ3) is 4.92. The largest absolute Gasteiger partial charge is 0.497 e. The second-order valence-corrected chi connectivity index (χ2v) is 6.71. The Labute approximate surface area is 160 Å². The number of hydrogen-bond acceptors (Lipinski definition) is 5. The van der Waals surface area contributed by atoms with E-state index in [1.165, 1.54) is 0 Å². The van der Waals surface area contributed by atoms with Crippen molar-refractivity contribution in [3.63, 3.8) is 0 Å². The van der Waals surface area contributed by atoms with Gasteiger partial charge in [0.1, 0.15) is 19.0 Å². The fourth-order valence-corrected chi connectivity index (χ4v) is 3.08. The zero-order chi connectivity index (χ0) is 19.2. The number of rotatable bonds is 7. The number of fused-ring (bicyclic) bond motifs is 1. The summed E-state index contributed by atoms with van der Waals surface area (Å²) in [5, 5.41) is 3.04. The molecule has 1 aliphatic rings. The molecule has 3 rings (SSSR count). The predicted molar refractivity (Wildman–Crippen MR) is 104 cm³/mol. The summed E-state index contributed by atoms with van der Waals surface area (Å²) in [4.78, 5) is 14.5. The minimum Gasteiger partial charge on any atom is -0.497 e. The molecule has 1 atom stereocenters. The van der Waals surface area contributed by atoms with Gasteiger partial charge in [-0.15, -0.1) is 0 Å². The highest BCUT2D eigenvalue weighted by atomic mass is 16.6. The molecule has 1 unspecified atom stereocenters. The molecular weight excluding hydrogens is 344 g/mol. The molecule has 0 fully saturated rings. The third-order valence-electron chi connectivity index (χ3n) is 4.59. The van der Waals surface area contributed by atoms with Gasteiger partial charge in [-0.05, 0) is 49.5 Å². The second-order valence-electron chi connectivity index (χ2n) is 6.71. The number of nitrogens with zero attached hydrogens (tertiary/aromatic N) is 1. The lowest BCUT2D eigenvalue weighted by atomic mass is 10.1. The Morgan fingerprint density at radius 3 is 2.48 bits per heavy atom. The number of hydrogen-bond donors (Lipinski definition) is 1. The summed E-state index contributed by atoms with van der Waals surface area (Å²) >= 11 is 0. The summed E-state index contributed by atoms with van der Waals surface area (Å²) in [6.07, 6.45) is 0.305. The van der Waals surface area contributed by atoms with Gasteiger partial charge < -0.3 is 24.4 Å². The average Bonchev–Trinajstić information content (AvgIpc) is 2.68. The highest BCUT2D eigenvalue weighted by Gasteiger charge is 2.17. The standard InChI is InChI=1S/C21H26N2O4/c1-23(2)18(16-5-7-17(25-3)8-6-16)14-22-21(24)13-15-4-9-19-20(12-15)27-11-10-26-19/h4-9,12,18H,10-11,13-14H2,1-3H3,(H,22,24). The minimum atomic E-state index is -0.0213. The van der Waals surface area contributed by atoms with E-state index >= 15 is 0 Å². The van der Waals surface area contributed by atoms with Gasteiger partial charge in [-0.3, -0.25) is 4.79 Å². The molecule has 27 heavy (non-hydrogen) atoms. The number of carbonyl (C=O) groups excluding carboxylic acids is 1. The van der Waals surface area contributed by atoms with E-state index in [4.69, 9.17) is 14.2 Å². The highest BCUT2D eigenvalue weighted by molar-refractivity contribution is 5.78. The maximum absolute atomic E-state index is 12.4. The molecule has 1 heterocycles. The maximum atomic E-state index is 12.4. The van der Waals surface area contributed by atoms with Crippen LogP contribution in [0.1, 0.15) is 17.2 Å². The van der Waals surface area contributed by atoms with Crippen LogP contribution in [0.3, 0.4) is 0 Å². The average molecular weight is 370 g/mol. The van der Waals surface area contributed by atoms with Crippen LogP contribution in [-0.4, -0.2) is 51.8 Å². The van der Waals surface area contributed by atoms with E-state index in [0.29, 0.717) is 31.9 Å². The van der Waals surface area contributed by atoms with Crippen LogP contribution in [0.5, 0.6) is 17.2 Å². The van der Waals surface area contributed by atoms with Crippen LogP contribution < -0.4 is 19.5 Å². The molecule has 144 valence electrons. The van der Waals surface area contributed by atoms with Gasteiger partial charge in [-0.2, -0.15) is 0 Å². The second kappa shape index (κ2) is 8.77. The summed E-state index contributed by atoms with van der Waals surface area (Å²) in [6, 6.07) is 13.6. The Balaban J connectivity index is 1.59. The Morgan fingerprint density at radius 1 is 1.11 bits per heavy atom. The Bertz CT molecular complexity index is 774. The van der Waals surface area contributed by atoms with Crippen LogP contribution in [0.25, 0.3) is 0 Å². The van der Waals surface area contributed by atoms with Gasteiger partial charge in [0, 0.05) is 6.54 Å². The minimum absolute atomic E-state index is 0.0213. The summed E-state index contributed by atoms with van der Waals surface area (Å²) in [5.74, 6) is 2.24. The van der Waals surface area contributed by atoms with Crippen LogP contribution in [-0.2, 0) is 11.2 Å². The molecule has 0 bridgehead atoms. The lowest BCUT2D eigenvalue weighted by Crippen LogP contribution is -2.35. The monoisotopic (exact) mass is 370 g/mol. The fourth-order valence-electron chi connectivity index (χ4n) is 3.08. The summed E-state index contributed by atoms with van der Waals surface area (Å²) in [5.41, 5.74) is 2.03. The fraction of sp³-hybridized carbons (Fsp3) is 0.381. The first-order valence-corrected chi connectivity index (χ1v) is 9.02. The molecule has 1 aliphatic heterocycles. The predicted octanol–water partition coefficient (Wildman–Crippen LogP) is 2.43. The van der Waals surface area contributed by atoms with Crippen molar-refractivity contribution >= 4 is 5.91 Å². The summed E-state index contributed by atoms with van der Waals surface area (Å²) in [6.45, 7) is 1.63. The lowest BCUT2D eigenvalue weighted by molar-refractivity contribution is -0.120. The number of methoxy groups -OCH3 is 1. The highest BCUT2D eigenvalue weighted by Crippen LogP contribution is 2.30. The van der Waals surface area contributed by atoms with Gasteiger partial charge in [0.2, 0.25) is 5.91 Å². The van der Waals surface area contributed by atoms with Crippen LogP contribution >= 0.6 is 0 Å². The molecule has 0 radical (unpaired) electrons. The van der Waals surface area contributed by atoms with Crippen molar-refractivity contribution in [2.75, 3.05) is 41.0 Å². The van der Waals surface area contributed by atoms with Crippen LogP contribution in [0.4, 0.5) is 0 Å². The lowest BCUT2D eigenvalue weighted by Gasteiger charge is -2.25. The van der Waals surface area contributed by atoms with E-state index in [-0.39, 0.29) is 11.9 Å². The topological polar surface area (TPSA) is 60.0 Å². The van der Waals surface area contributed by atoms with E-state index in [9.17, 15) is 4.79 Å². The van der Waals surface area contributed by atoms with Crippen molar-refractivity contribution in [3.8, 4) is 17.2 Å². The SMILES string of the molecule is COc1ccc(C(CNC(=O)Cc2ccc3c(c2)OCCO3)N(C)C)cc1. The first-order valence-electron chi connectivity index (χ1n) is 9.02. The normalized spacial score (nSPS) is 13.9. The van der Waals surface area contributed by atoms with E-state index in [2.05, 4.69) is 10.2 Å².